The van der Waals surface area contributed by atoms with Crippen molar-refractivity contribution >= 4 is 5.97 Å². The van der Waals surface area contributed by atoms with Crippen LogP contribution in [0.2, 0.25) is 0 Å². The maximum Gasteiger partial charge on any atom is 0.306 e. The molecule has 3 nitrogen and oxygen atoms in total. The topological polar surface area (TPSA) is 50.2 Å². The van der Waals surface area contributed by atoms with Gasteiger partial charge in [-0.05, 0) is 42.4 Å². The molecule has 80 valence electrons. The highest BCUT2D eigenvalue weighted by atomic mass is 16.4. The summed E-state index contributed by atoms with van der Waals surface area (Å²) in [5.74, 6) is -0.406. The van der Waals surface area contributed by atoms with E-state index < -0.39 is 5.97 Å². The molecule has 1 unspecified atom stereocenters. The van der Waals surface area contributed by atoms with Crippen molar-refractivity contribution < 1.29 is 9.90 Å². The summed E-state index contributed by atoms with van der Waals surface area (Å²) < 4.78 is 0. The van der Waals surface area contributed by atoms with Gasteiger partial charge in [0, 0.05) is 12.4 Å². The normalized spacial score (nSPS) is 17.4. The summed E-state index contributed by atoms with van der Waals surface area (Å²) in [4.78, 5) is 14.9. The van der Waals surface area contributed by atoms with Crippen molar-refractivity contribution in [3.8, 4) is 0 Å². The van der Waals surface area contributed by atoms with Crippen LogP contribution >= 0.6 is 0 Å². The average Bonchev–Trinajstić information content (AvgIpc) is 3.02. The third-order valence-corrected chi connectivity index (χ3v) is 2.91. The van der Waals surface area contributed by atoms with Crippen molar-refractivity contribution in [2.24, 2.45) is 5.92 Å². The van der Waals surface area contributed by atoms with E-state index in [1.54, 1.807) is 13.1 Å². The maximum absolute atomic E-state index is 10.8. The van der Waals surface area contributed by atoms with E-state index >= 15 is 0 Å². The Kier molecular flexibility index (Phi) is 2.71. The number of hydrogen-bond donors (Lipinski definition) is 1. The van der Waals surface area contributed by atoms with Crippen LogP contribution < -0.4 is 0 Å². The minimum Gasteiger partial charge on any atom is -0.481 e. The highest BCUT2D eigenvalue weighted by Crippen LogP contribution is 2.41. The van der Waals surface area contributed by atoms with Crippen LogP contribution in [0.15, 0.2) is 18.5 Å². The Hall–Kier alpha value is -1.38. The van der Waals surface area contributed by atoms with Gasteiger partial charge in [0.05, 0.1) is 5.92 Å². The van der Waals surface area contributed by atoms with E-state index in [-0.39, 0.29) is 5.92 Å². The van der Waals surface area contributed by atoms with E-state index in [9.17, 15) is 4.79 Å². The minimum absolute atomic E-state index is 0.327. The number of pyridine rings is 1. The number of aromatic nitrogens is 1. The second-order valence-corrected chi connectivity index (χ2v) is 4.29. The predicted octanol–water partition coefficient (Wildman–Crippen LogP) is 2.22. The van der Waals surface area contributed by atoms with Crippen LogP contribution in [0.4, 0.5) is 0 Å². The molecule has 1 aromatic heterocycles. The number of carboxylic acids is 1. The van der Waals surface area contributed by atoms with Gasteiger partial charge in [-0.1, -0.05) is 6.92 Å². The summed E-state index contributed by atoms with van der Waals surface area (Å²) in [5.41, 5.74) is 2.41. The van der Waals surface area contributed by atoms with Gasteiger partial charge < -0.3 is 5.11 Å². The van der Waals surface area contributed by atoms with Gasteiger partial charge in [-0.15, -0.1) is 0 Å². The second-order valence-electron chi connectivity index (χ2n) is 4.29. The molecule has 1 saturated carbocycles. The first-order valence-electron chi connectivity index (χ1n) is 5.34. The SMILES string of the molecule is CC(Cc1cnccc1C1CC1)C(=O)O. The fraction of sp³-hybridized carbons (Fsp3) is 0.500. The van der Waals surface area contributed by atoms with Gasteiger partial charge in [0.15, 0.2) is 0 Å². The van der Waals surface area contributed by atoms with E-state index in [0.717, 1.165) is 5.56 Å². The van der Waals surface area contributed by atoms with Crippen LogP contribution in [0.25, 0.3) is 0 Å². The molecule has 1 N–H and O–H groups in total. The molecular weight excluding hydrogens is 190 g/mol. The van der Waals surface area contributed by atoms with Crippen LogP contribution in [0.5, 0.6) is 0 Å². The molecule has 0 radical (unpaired) electrons. The Balaban J connectivity index is 2.16. The summed E-state index contributed by atoms with van der Waals surface area (Å²) in [6.07, 6.45) is 6.67. The molecule has 0 amide bonds. The molecule has 0 spiro atoms. The summed E-state index contributed by atoms with van der Waals surface area (Å²) in [5, 5.41) is 8.87. The van der Waals surface area contributed by atoms with Gasteiger partial charge in [-0.25, -0.2) is 0 Å². The van der Waals surface area contributed by atoms with E-state index in [0.29, 0.717) is 12.3 Å². The Bertz CT molecular complexity index is 372. The smallest absolute Gasteiger partial charge is 0.306 e. The van der Waals surface area contributed by atoms with Gasteiger partial charge in [0.25, 0.3) is 0 Å². The molecule has 3 heteroatoms. The number of nitrogens with zero attached hydrogens (tertiary/aromatic N) is 1. The Morgan fingerprint density at radius 1 is 1.67 bits per heavy atom. The van der Waals surface area contributed by atoms with Crippen LogP contribution in [0.1, 0.15) is 36.8 Å². The van der Waals surface area contributed by atoms with Crippen molar-refractivity contribution in [2.75, 3.05) is 0 Å². The maximum atomic E-state index is 10.8. The zero-order chi connectivity index (χ0) is 10.8. The molecule has 15 heavy (non-hydrogen) atoms. The molecule has 0 bridgehead atoms. The van der Waals surface area contributed by atoms with Crippen molar-refractivity contribution in [3.63, 3.8) is 0 Å². The number of carboxylic acid groups (broad SMARTS) is 1. The lowest BCUT2D eigenvalue weighted by Crippen LogP contribution is -2.13. The van der Waals surface area contributed by atoms with E-state index in [1.807, 2.05) is 12.3 Å². The predicted molar refractivity (Wildman–Crippen MR) is 56.7 cm³/mol. The minimum atomic E-state index is -0.736. The molecule has 1 aliphatic rings. The van der Waals surface area contributed by atoms with Gasteiger partial charge in [-0.2, -0.15) is 0 Å². The van der Waals surface area contributed by atoms with E-state index in [4.69, 9.17) is 5.11 Å². The first kappa shape index (κ1) is 10.1. The van der Waals surface area contributed by atoms with Crippen LogP contribution in [0.3, 0.4) is 0 Å². The molecule has 1 fully saturated rings. The summed E-state index contributed by atoms with van der Waals surface area (Å²) in [6.45, 7) is 1.74. The Morgan fingerprint density at radius 2 is 2.40 bits per heavy atom. The lowest BCUT2D eigenvalue weighted by atomic mass is 9.96. The number of rotatable bonds is 4. The summed E-state index contributed by atoms with van der Waals surface area (Å²) in [6, 6.07) is 2.03. The fourth-order valence-electron chi connectivity index (χ4n) is 1.82. The zero-order valence-electron chi connectivity index (χ0n) is 8.81. The first-order valence-corrected chi connectivity index (χ1v) is 5.34. The highest BCUT2D eigenvalue weighted by molar-refractivity contribution is 5.70. The third kappa shape index (κ3) is 2.35. The van der Waals surface area contributed by atoms with Crippen LogP contribution in [0, 0.1) is 5.92 Å². The third-order valence-electron chi connectivity index (χ3n) is 2.91. The molecule has 1 aromatic rings. The van der Waals surface area contributed by atoms with Crippen molar-refractivity contribution in [1.82, 2.24) is 4.98 Å². The van der Waals surface area contributed by atoms with Crippen molar-refractivity contribution in [2.45, 2.75) is 32.1 Å². The average molecular weight is 205 g/mol. The van der Waals surface area contributed by atoms with E-state index in [1.165, 1.54) is 18.4 Å². The zero-order valence-corrected chi connectivity index (χ0v) is 8.81. The first-order chi connectivity index (χ1) is 7.18. The molecule has 1 heterocycles. The fourth-order valence-corrected chi connectivity index (χ4v) is 1.82. The Labute approximate surface area is 89.2 Å². The van der Waals surface area contributed by atoms with Gasteiger partial charge in [0.2, 0.25) is 0 Å². The van der Waals surface area contributed by atoms with Gasteiger partial charge >= 0.3 is 5.97 Å². The summed E-state index contributed by atoms with van der Waals surface area (Å²) in [7, 11) is 0. The Morgan fingerprint density at radius 3 is 3.00 bits per heavy atom. The number of hydrogen-bond acceptors (Lipinski definition) is 2. The second kappa shape index (κ2) is 4.01. The number of carbonyl (C=O) groups is 1. The standard InChI is InChI=1S/C12H15NO2/c1-8(12(14)15)6-10-7-13-5-4-11(10)9-2-3-9/h4-5,7-9H,2-3,6H2,1H3,(H,14,15). The van der Waals surface area contributed by atoms with Gasteiger partial charge in [-0.3, -0.25) is 9.78 Å². The largest absolute Gasteiger partial charge is 0.481 e. The van der Waals surface area contributed by atoms with Crippen molar-refractivity contribution in [1.29, 1.82) is 0 Å². The lowest BCUT2D eigenvalue weighted by Gasteiger charge is -2.10. The van der Waals surface area contributed by atoms with E-state index in [2.05, 4.69) is 4.98 Å². The molecular formula is C12H15NO2. The highest BCUT2D eigenvalue weighted by Gasteiger charge is 2.26. The summed E-state index contributed by atoms with van der Waals surface area (Å²) >= 11 is 0. The van der Waals surface area contributed by atoms with Crippen LogP contribution in [-0.2, 0) is 11.2 Å². The monoisotopic (exact) mass is 205 g/mol. The lowest BCUT2D eigenvalue weighted by molar-refractivity contribution is -0.141. The van der Waals surface area contributed by atoms with Gasteiger partial charge in [0.1, 0.15) is 0 Å². The molecule has 0 saturated heterocycles. The molecule has 1 aliphatic carbocycles. The molecule has 0 aliphatic heterocycles. The van der Waals surface area contributed by atoms with Crippen LogP contribution in [-0.4, -0.2) is 16.1 Å². The van der Waals surface area contributed by atoms with Crippen molar-refractivity contribution in [3.05, 3.63) is 29.6 Å². The molecule has 0 aromatic carbocycles. The molecule has 2 rings (SSSR count). The quantitative estimate of drug-likeness (QED) is 0.820. The number of aliphatic carboxylic acids is 1. The molecule has 1 atom stereocenters.